The SMILES string of the molecule is C.CC.CC(C)(C)[Si](C)(C)OCc1cc(Br)ccc1Cl.CC(Cl)CCC(=O)c1ccc(Cl)c(CO[Si](C)(C)C(C)(C)C)c1.CC1CCC(c2ccc(Cl)c(CO)c2)=NN1C.CC1CCC(c2ccc(Cl)c(CO[Si](C)(C)C(C)(C)C)c2)=NN1.CC1CCC(c2ccc(Cl)c(CO[Si](C)(C)C(C)(C)C)c2)=NN1C.CC1CCC(c2ccc([B]O)c(CO)c2)=NN1C.CON(C)C(=O)CCC(C)Cl.OCc1cc(Br)ccc1Cl. The number of amides is 1. The van der Waals surface area contributed by atoms with Crippen LogP contribution in [0.15, 0.2) is 157 Å². The maximum atomic E-state index is 12.2. The number of nitrogens with zero attached hydrogens (tertiary/aromatic N) is 8. The van der Waals surface area contributed by atoms with E-state index in [4.69, 9.17) is 126 Å². The quantitative estimate of drug-likeness (QED) is 0.0133. The van der Waals surface area contributed by atoms with E-state index in [1.165, 1.54) is 12.2 Å². The summed E-state index contributed by atoms with van der Waals surface area (Å²) >= 11 is 55.2. The van der Waals surface area contributed by atoms with Gasteiger partial charge in [0.05, 0.1) is 76.2 Å². The Morgan fingerprint density at radius 1 is 0.445 bits per heavy atom. The normalized spacial score (nSPS) is 16.4. The zero-order chi connectivity index (χ0) is 110. The van der Waals surface area contributed by atoms with Crippen molar-refractivity contribution in [2.24, 2.45) is 20.4 Å². The average molecular weight is 2380 g/mol. The second-order valence-electron chi connectivity index (χ2n) is 43.2. The van der Waals surface area contributed by atoms with E-state index in [0.717, 1.165) is 167 Å². The van der Waals surface area contributed by atoms with E-state index in [9.17, 15) is 19.8 Å². The van der Waals surface area contributed by atoms with Gasteiger partial charge in [0, 0.05) is 121 Å². The number of carbonyl (C=O) groups is 2. The first-order chi connectivity index (χ1) is 67.3. The first kappa shape index (κ1) is 137. The molecule has 20 nitrogen and oxygen atoms in total. The van der Waals surface area contributed by atoms with Crippen LogP contribution in [0, 0.1) is 0 Å². The van der Waals surface area contributed by atoms with Crippen LogP contribution in [0.2, 0.25) is 103 Å². The lowest BCUT2D eigenvalue weighted by atomic mass is 9.83. The lowest BCUT2D eigenvalue weighted by Gasteiger charge is -2.36. The zero-order valence-corrected chi connectivity index (χ0v) is 106. The minimum Gasteiger partial charge on any atom is -0.450 e. The number of carbonyl (C=O) groups excluding carboxylic acids is 2. The summed E-state index contributed by atoms with van der Waals surface area (Å²) < 4.78 is 27.0. The molecule has 1 amide bonds. The zero-order valence-electron chi connectivity index (χ0n) is 92.6. The van der Waals surface area contributed by atoms with Crippen LogP contribution >= 0.6 is 125 Å². The van der Waals surface area contributed by atoms with Gasteiger partial charge in [-0.3, -0.25) is 29.5 Å². The molecular formula is C111H173BBr2Cl8N9O11Si4. The molecule has 0 fully saturated rings. The summed E-state index contributed by atoms with van der Waals surface area (Å²) in [4.78, 5) is 27.9. The molecule has 6 atom stereocenters. The second kappa shape index (κ2) is 64.7. The molecule has 817 valence electrons. The number of benzene rings is 7. The van der Waals surface area contributed by atoms with Crippen LogP contribution in [0.3, 0.4) is 0 Å². The predicted molar refractivity (Wildman–Crippen MR) is 643 cm³/mol. The Hall–Kier alpha value is -4.59. The number of Topliss-reactive ketones (excluding diaryl/α,β-unsaturated/α-hetero) is 1. The molecule has 4 aliphatic rings. The van der Waals surface area contributed by atoms with Crippen LogP contribution in [0.4, 0.5) is 0 Å². The van der Waals surface area contributed by atoms with Crippen LogP contribution in [0.5, 0.6) is 0 Å². The Morgan fingerprint density at radius 2 is 0.726 bits per heavy atom. The maximum Gasteiger partial charge on any atom is 0.327 e. The molecule has 35 heteroatoms. The molecule has 0 aromatic heterocycles. The van der Waals surface area contributed by atoms with Gasteiger partial charge < -0.3 is 43.5 Å². The largest absolute Gasteiger partial charge is 0.450 e. The van der Waals surface area contributed by atoms with Gasteiger partial charge in [-0.25, -0.2) is 5.06 Å². The van der Waals surface area contributed by atoms with Crippen molar-refractivity contribution >= 4 is 205 Å². The third-order valence-corrected chi connectivity index (χ3v) is 49.3. The summed E-state index contributed by atoms with van der Waals surface area (Å²) in [5.74, 6) is 0.0581. The van der Waals surface area contributed by atoms with Crippen LogP contribution in [0.1, 0.15) is 295 Å². The van der Waals surface area contributed by atoms with Crippen LogP contribution in [-0.4, -0.2) is 186 Å². The van der Waals surface area contributed by atoms with Crippen LogP contribution in [0.25, 0.3) is 0 Å². The number of aliphatic hydroxyl groups excluding tert-OH is 3. The van der Waals surface area contributed by atoms with Crippen LogP contribution in [-0.2, 0) is 73.6 Å². The first-order valence-corrected chi connectivity index (χ1v) is 66.5. The number of rotatable bonds is 28. The molecule has 0 spiro atoms. The standard InChI is InChI=1S/C19H31ClN2OSi.C18H28Cl2O2Si.C18H29ClN2OSi.C13H18BN2O2.C13H20BrClOSi.C13H17ClN2O.C7H6BrClO.C7H14ClNO2.C2H6.CH4/c1-14-8-11-18(21-22(14)5)15-9-10-17(20)16(12-15)13-23-24(6,7)19(2,3)4;1-13(19)7-10-17(21)14-8-9-16(20)15(11-14)12-22-23(5,6)18(2,3)4;1-13-7-10-17(21-20-13)14-8-9-16(19)15(11-14)12-22-23(5,6)18(2,3)4;1-9-3-6-13(15-16(9)2)10-4-5-12(14-18)11(7-10)8-17;1-13(2,3)17(4,5)16-9-10-8-11(14)6-7-12(10)15;1-9-3-6-13(15-16(9)2)10-4-5-12(14)11(7-10)8-17;8-6-1-2-7(9)5(3-6)4-10;1-6(8)4-5-7(10)9(2)11-3;1-2;/h9-10,12,14H,8,11,13H2,1-7H3;8-9,11,13H,7,10,12H2,1-6H3;8-9,11,13,20H,7,10,12H2,1-6H3;4-5,7,9,17-18H,3,6,8H2,1-2H3;6-8H,9H2,1-5H3;4-5,7,9,17H,3,6,8H2,1-2H3;1-3,10H,4H2;6H,4-5H2,1-3H3;1-2H3;1H4. The third-order valence-electron chi connectivity index (χ3n) is 27.8. The van der Waals surface area contributed by atoms with E-state index >= 15 is 0 Å². The van der Waals surface area contributed by atoms with Gasteiger partial charge in [0.25, 0.3) is 0 Å². The Bertz CT molecular complexity index is 5330. The number of hydroxylamine groups is 2. The molecule has 0 saturated heterocycles. The molecule has 11 rings (SSSR count). The van der Waals surface area contributed by atoms with Crippen molar-refractivity contribution in [3.8, 4) is 0 Å². The van der Waals surface area contributed by atoms with Crippen molar-refractivity contribution in [1.29, 1.82) is 0 Å². The fourth-order valence-electron chi connectivity index (χ4n) is 12.9. The van der Waals surface area contributed by atoms with E-state index in [1.54, 1.807) is 37.4 Å². The number of halogens is 10. The Labute approximate surface area is 940 Å². The Balaban J connectivity index is 0.000000569. The van der Waals surface area contributed by atoms with Gasteiger partial charge in [0.2, 0.25) is 5.91 Å². The lowest BCUT2D eigenvalue weighted by molar-refractivity contribution is -0.168. The fourth-order valence-corrected chi connectivity index (χ4v) is 18.8. The van der Waals surface area contributed by atoms with Crippen LogP contribution < -0.4 is 10.9 Å². The van der Waals surface area contributed by atoms with Gasteiger partial charge in [0.15, 0.2) is 39.1 Å². The molecule has 0 bridgehead atoms. The van der Waals surface area contributed by atoms with E-state index < -0.39 is 33.3 Å². The summed E-state index contributed by atoms with van der Waals surface area (Å²) in [5.41, 5.74) is 19.5. The highest BCUT2D eigenvalue weighted by Crippen LogP contribution is 2.43. The molecular weight excluding hydrogens is 2200 g/mol. The number of nitrogens with one attached hydrogen (secondary N) is 1. The summed E-state index contributed by atoms with van der Waals surface area (Å²) in [7, 11) is 2.97. The lowest BCUT2D eigenvalue weighted by Crippen LogP contribution is -2.40. The molecule has 6 unspecified atom stereocenters. The van der Waals surface area contributed by atoms with Crippen molar-refractivity contribution < 1.29 is 52.5 Å². The molecule has 4 aliphatic heterocycles. The summed E-state index contributed by atoms with van der Waals surface area (Å²) in [6, 6.07) is 42.2. The molecule has 0 aliphatic carbocycles. The number of hydrazone groups is 4. The highest BCUT2D eigenvalue weighted by atomic mass is 79.9. The highest BCUT2D eigenvalue weighted by Gasteiger charge is 2.41. The van der Waals surface area contributed by atoms with Crippen molar-refractivity contribution in [3.63, 3.8) is 0 Å². The van der Waals surface area contributed by atoms with E-state index in [-0.39, 0.29) is 69.8 Å². The number of hydrogen-bond acceptors (Lipinski definition) is 19. The Kier molecular flexibility index (Phi) is 60.9. The molecule has 7 aromatic carbocycles. The van der Waals surface area contributed by atoms with E-state index in [0.29, 0.717) is 102 Å². The first-order valence-electron chi connectivity index (χ1n) is 50.1. The number of hydrogen-bond donors (Lipinski definition) is 5. The van der Waals surface area contributed by atoms with Gasteiger partial charge in [-0.1, -0.05) is 236 Å². The topological polar surface area (TPSA) is 236 Å². The summed E-state index contributed by atoms with van der Waals surface area (Å²) in [5, 5.41) is 66.8. The van der Waals surface area contributed by atoms with Crippen molar-refractivity contribution in [2.45, 2.75) is 377 Å². The van der Waals surface area contributed by atoms with Crippen molar-refractivity contribution in [3.05, 3.63) is 233 Å². The van der Waals surface area contributed by atoms with Gasteiger partial charge in [-0.2, -0.15) is 20.4 Å². The summed E-state index contributed by atoms with van der Waals surface area (Å²) in [6.45, 7) is 63.3. The van der Waals surface area contributed by atoms with Crippen molar-refractivity contribution in [2.75, 3.05) is 35.3 Å². The van der Waals surface area contributed by atoms with Crippen molar-refractivity contribution in [1.82, 2.24) is 25.5 Å². The van der Waals surface area contributed by atoms with E-state index in [2.05, 4.69) is 250 Å². The molecule has 5 N–H and O–H groups in total. The molecule has 4 heterocycles. The van der Waals surface area contributed by atoms with E-state index in [1.807, 2.05) is 132 Å². The smallest absolute Gasteiger partial charge is 0.327 e. The predicted octanol–water partition coefficient (Wildman–Crippen LogP) is 31.6. The monoisotopic (exact) mass is 2370 g/mol. The molecule has 0 saturated carbocycles. The highest BCUT2D eigenvalue weighted by molar-refractivity contribution is 9.10. The number of aliphatic hydroxyl groups is 3. The third kappa shape index (κ3) is 46.6. The minimum atomic E-state index is -1.85. The molecule has 146 heavy (non-hydrogen) atoms. The maximum absolute atomic E-state index is 12.2. The molecule has 7 aromatic rings. The van der Waals surface area contributed by atoms with Gasteiger partial charge in [-0.05, 0) is 342 Å². The fraction of sp³-hybridized carbons (Fsp3) is 0.568. The van der Waals surface area contributed by atoms with Gasteiger partial charge >= 0.3 is 7.48 Å². The number of ketones is 1. The number of alkyl halides is 2. The summed E-state index contributed by atoms with van der Waals surface area (Å²) in [6.07, 6.45) is 10.6. The second-order valence-corrected chi connectivity index (χ2v) is 68.2. The van der Waals surface area contributed by atoms with Gasteiger partial charge in [-0.15, -0.1) is 23.2 Å². The minimum absolute atomic E-state index is 0. The van der Waals surface area contributed by atoms with Gasteiger partial charge in [0.1, 0.15) is 0 Å². The Morgan fingerprint density at radius 3 is 1.03 bits per heavy atom. The average Bonchev–Trinajstić information content (AvgIpc) is 0.825. The molecule has 1 radical (unpaired) electrons.